The number of carbonyl (C=O) groups excluding carboxylic acids is 1. The molecule has 0 heterocycles. The zero-order chi connectivity index (χ0) is 29.4. The molecule has 6 heteroatoms. The fraction of sp³-hybridized carbons (Fsp3) is 0.382. The first-order valence-corrected chi connectivity index (χ1v) is 16.0. The van der Waals surface area contributed by atoms with Crippen LogP contribution in [0.5, 0.6) is 0 Å². The molecule has 214 valence electrons. The van der Waals surface area contributed by atoms with Crippen molar-refractivity contribution in [1.29, 1.82) is 0 Å². The van der Waals surface area contributed by atoms with E-state index in [0.29, 0.717) is 6.54 Å². The van der Waals surface area contributed by atoms with Crippen molar-refractivity contribution in [2.75, 3.05) is 0 Å². The second kappa shape index (κ2) is 13.4. The molecule has 0 bridgehead atoms. The third kappa shape index (κ3) is 7.93. The molecule has 40 heavy (non-hydrogen) atoms. The van der Waals surface area contributed by atoms with Gasteiger partial charge in [0, 0.05) is 12.6 Å². The monoisotopic (exact) mass is 558 g/mol. The average molecular weight is 559 g/mol. The van der Waals surface area contributed by atoms with Crippen molar-refractivity contribution in [3.63, 3.8) is 0 Å². The van der Waals surface area contributed by atoms with Gasteiger partial charge in [-0.3, -0.25) is 0 Å². The van der Waals surface area contributed by atoms with E-state index < -0.39 is 26.1 Å². The molecule has 3 atom stereocenters. The zero-order valence-electron chi connectivity index (χ0n) is 25.1. The number of amides is 1. The van der Waals surface area contributed by atoms with E-state index in [9.17, 15) is 4.79 Å². The summed E-state index contributed by atoms with van der Waals surface area (Å²) in [6.45, 7) is 19.1. The molecule has 0 aliphatic carbocycles. The summed E-state index contributed by atoms with van der Waals surface area (Å²) in [4.78, 5) is 13.1. The van der Waals surface area contributed by atoms with Crippen LogP contribution in [0.3, 0.4) is 0 Å². The van der Waals surface area contributed by atoms with Crippen molar-refractivity contribution in [2.24, 2.45) is 0 Å². The van der Waals surface area contributed by atoms with Crippen LogP contribution in [-0.4, -0.2) is 38.2 Å². The number of carbonyl (C=O) groups is 1. The number of nitrogens with one attached hydrogen (secondary N) is 2. The summed E-state index contributed by atoms with van der Waals surface area (Å²) in [5, 5.41) is 8.89. The molecule has 0 radical (unpaired) electrons. The topological polar surface area (TPSA) is 59.6 Å². The Labute approximate surface area is 242 Å². The summed E-state index contributed by atoms with van der Waals surface area (Å²) in [7, 11) is -2.87. The Morgan fingerprint density at radius 3 is 1.75 bits per heavy atom. The highest BCUT2D eigenvalue weighted by Crippen LogP contribution is 2.38. The van der Waals surface area contributed by atoms with E-state index in [1.807, 2.05) is 64.1 Å². The Kier molecular flexibility index (Phi) is 10.5. The Hall–Kier alpha value is -3.19. The van der Waals surface area contributed by atoms with Gasteiger partial charge < -0.3 is 19.8 Å². The summed E-state index contributed by atoms with van der Waals surface area (Å²) in [5.41, 5.74) is 0.517. The Bertz CT molecular complexity index is 1170. The van der Waals surface area contributed by atoms with E-state index >= 15 is 0 Å². The Morgan fingerprint density at radius 1 is 0.850 bits per heavy atom. The molecule has 0 unspecified atom stereocenters. The first kappa shape index (κ1) is 31.3. The minimum Gasteiger partial charge on any atom is -0.444 e. The summed E-state index contributed by atoms with van der Waals surface area (Å²) >= 11 is 0. The van der Waals surface area contributed by atoms with Gasteiger partial charge >= 0.3 is 6.09 Å². The molecule has 0 fully saturated rings. The van der Waals surface area contributed by atoms with Gasteiger partial charge in [0.1, 0.15) is 5.60 Å². The number of benzene rings is 3. The maximum atomic E-state index is 13.1. The van der Waals surface area contributed by atoms with Crippen LogP contribution >= 0.6 is 0 Å². The van der Waals surface area contributed by atoms with Crippen molar-refractivity contribution >= 4 is 24.8 Å². The van der Waals surface area contributed by atoms with Crippen LogP contribution in [0.4, 0.5) is 4.79 Å². The quantitative estimate of drug-likeness (QED) is 0.218. The molecule has 0 saturated heterocycles. The standard InChI is InChI=1S/C34H46N2O3Si/c1-9-30(35-25-27-19-13-10-14-20-27)31(36-32(37)38-33(3,4)5)26(2)39-40(34(6,7)8,28-21-15-11-16-22-28)29-23-17-12-18-24-29/h9-24,26,30-31,35H,1,25H2,2-8H3,(H,36,37)/t26-,30-,31+/m1/s1. The minimum atomic E-state index is -2.87. The number of rotatable bonds is 11. The molecule has 0 saturated carbocycles. The van der Waals surface area contributed by atoms with E-state index in [2.05, 4.69) is 98.6 Å². The molecule has 0 aliphatic heterocycles. The zero-order valence-corrected chi connectivity index (χ0v) is 26.1. The van der Waals surface area contributed by atoms with Crippen LogP contribution in [0, 0.1) is 0 Å². The van der Waals surface area contributed by atoms with Gasteiger partial charge in [0.05, 0.1) is 12.1 Å². The number of alkyl carbamates (subject to hydrolysis) is 1. The molecule has 3 rings (SSSR count). The smallest absolute Gasteiger partial charge is 0.408 e. The van der Waals surface area contributed by atoms with Crippen LogP contribution in [-0.2, 0) is 15.7 Å². The van der Waals surface area contributed by atoms with Crippen LogP contribution < -0.4 is 21.0 Å². The van der Waals surface area contributed by atoms with Gasteiger partial charge in [0.25, 0.3) is 8.32 Å². The Morgan fingerprint density at radius 2 is 1.32 bits per heavy atom. The van der Waals surface area contributed by atoms with Crippen molar-refractivity contribution in [1.82, 2.24) is 10.6 Å². The number of hydrogen-bond donors (Lipinski definition) is 2. The summed E-state index contributed by atoms with van der Waals surface area (Å²) < 4.78 is 13.1. The maximum Gasteiger partial charge on any atom is 0.408 e. The van der Waals surface area contributed by atoms with Crippen LogP contribution in [0.1, 0.15) is 54.0 Å². The van der Waals surface area contributed by atoms with Crippen molar-refractivity contribution < 1.29 is 14.0 Å². The highest BCUT2D eigenvalue weighted by atomic mass is 28.4. The highest BCUT2D eigenvalue weighted by molar-refractivity contribution is 6.99. The lowest BCUT2D eigenvalue weighted by atomic mass is 10.0. The molecule has 3 aromatic rings. The molecule has 2 N–H and O–H groups in total. The first-order valence-electron chi connectivity index (χ1n) is 14.1. The van der Waals surface area contributed by atoms with Gasteiger partial charge in [-0.2, -0.15) is 0 Å². The second-order valence-corrected chi connectivity index (χ2v) is 16.5. The lowest BCUT2D eigenvalue weighted by Crippen LogP contribution is -2.69. The third-order valence-electron chi connectivity index (χ3n) is 6.99. The lowest BCUT2D eigenvalue weighted by molar-refractivity contribution is 0.0431. The Balaban J connectivity index is 2.05. The molecular weight excluding hydrogens is 512 g/mol. The molecular formula is C34H46N2O3Si. The van der Waals surface area contributed by atoms with Gasteiger partial charge in [0.15, 0.2) is 0 Å². The largest absolute Gasteiger partial charge is 0.444 e. The SMILES string of the molecule is C=C[C@@H](NCc1ccccc1)[C@@H](NC(=O)OC(C)(C)C)[C@@H](C)O[Si](c1ccccc1)(c1ccccc1)C(C)(C)C. The predicted molar refractivity (Wildman–Crippen MR) is 169 cm³/mol. The maximum absolute atomic E-state index is 13.1. The minimum absolute atomic E-state index is 0.207. The summed E-state index contributed by atoms with van der Waals surface area (Å²) in [6, 6.07) is 30.5. The van der Waals surface area contributed by atoms with Crippen molar-refractivity contribution in [3.8, 4) is 0 Å². The van der Waals surface area contributed by atoms with Gasteiger partial charge in [0.2, 0.25) is 0 Å². The summed E-state index contributed by atoms with van der Waals surface area (Å²) in [6.07, 6.45) is 0.977. The molecule has 3 aromatic carbocycles. The molecule has 0 aliphatic rings. The number of hydrogen-bond acceptors (Lipinski definition) is 4. The van der Waals surface area contributed by atoms with Gasteiger partial charge in [-0.1, -0.05) is 118 Å². The van der Waals surface area contributed by atoms with E-state index in [1.54, 1.807) is 0 Å². The molecule has 0 aromatic heterocycles. The van der Waals surface area contributed by atoms with E-state index in [-0.39, 0.29) is 17.2 Å². The fourth-order valence-corrected chi connectivity index (χ4v) is 9.89. The molecule has 0 spiro atoms. The third-order valence-corrected chi connectivity index (χ3v) is 12.1. The van der Waals surface area contributed by atoms with E-state index in [4.69, 9.17) is 9.16 Å². The molecule has 1 amide bonds. The highest BCUT2D eigenvalue weighted by Gasteiger charge is 2.52. The van der Waals surface area contributed by atoms with Gasteiger partial charge in [-0.15, -0.1) is 6.58 Å². The van der Waals surface area contributed by atoms with Crippen molar-refractivity contribution in [3.05, 3.63) is 109 Å². The second-order valence-electron chi connectivity index (χ2n) is 12.3. The average Bonchev–Trinajstić information content (AvgIpc) is 2.91. The first-order chi connectivity index (χ1) is 18.9. The normalized spacial score (nSPS) is 14.6. The van der Waals surface area contributed by atoms with Crippen LogP contribution in [0.25, 0.3) is 0 Å². The lowest BCUT2D eigenvalue weighted by Gasteiger charge is -2.46. The molecule has 5 nitrogen and oxygen atoms in total. The predicted octanol–water partition coefficient (Wildman–Crippen LogP) is 6.19. The summed E-state index contributed by atoms with van der Waals surface area (Å²) in [5.74, 6) is 0. The fourth-order valence-electron chi connectivity index (χ4n) is 5.17. The van der Waals surface area contributed by atoms with Gasteiger partial charge in [-0.25, -0.2) is 4.79 Å². The number of ether oxygens (including phenoxy) is 1. The van der Waals surface area contributed by atoms with Crippen LogP contribution in [0.15, 0.2) is 104 Å². The van der Waals surface area contributed by atoms with E-state index in [1.165, 1.54) is 10.4 Å². The van der Waals surface area contributed by atoms with Crippen LogP contribution in [0.2, 0.25) is 5.04 Å². The van der Waals surface area contributed by atoms with Gasteiger partial charge in [-0.05, 0) is 48.7 Å². The van der Waals surface area contributed by atoms with Crippen molar-refractivity contribution in [2.45, 2.75) is 83.8 Å². The van der Waals surface area contributed by atoms with E-state index in [0.717, 1.165) is 5.56 Å².